The summed E-state index contributed by atoms with van der Waals surface area (Å²) in [6.07, 6.45) is 10.9. The van der Waals surface area contributed by atoms with Gasteiger partial charge in [-0.15, -0.1) is 11.6 Å². The van der Waals surface area contributed by atoms with Gasteiger partial charge in [-0.2, -0.15) is 10.1 Å². The third kappa shape index (κ3) is 5.46. The van der Waals surface area contributed by atoms with Gasteiger partial charge >= 0.3 is 0 Å². The fourth-order valence-electron chi connectivity index (χ4n) is 4.02. The minimum absolute atomic E-state index is 0.00445. The summed E-state index contributed by atoms with van der Waals surface area (Å²) in [4.78, 5) is 11.5. The number of aromatic amines is 1. The van der Waals surface area contributed by atoms with Crippen LogP contribution in [0.1, 0.15) is 44.9 Å². The third-order valence-corrected chi connectivity index (χ3v) is 7.19. The smallest absolute Gasteiger partial charge is 0.232 e. The minimum Gasteiger partial charge on any atom is -0.307 e. The van der Waals surface area contributed by atoms with Gasteiger partial charge in [0.05, 0.1) is 17.3 Å². The molecule has 8 nitrogen and oxygen atoms in total. The van der Waals surface area contributed by atoms with Crippen LogP contribution in [-0.4, -0.2) is 46.3 Å². The van der Waals surface area contributed by atoms with Gasteiger partial charge < -0.3 is 4.90 Å². The van der Waals surface area contributed by atoms with Crippen LogP contribution in [0.5, 0.6) is 0 Å². The molecule has 0 unspecified atom stereocenters. The number of nitrogens with zero attached hydrogens (tertiary/aromatic N) is 4. The first kappa shape index (κ1) is 21.8. The Morgan fingerprint density at radius 1 is 1.10 bits per heavy atom. The van der Waals surface area contributed by atoms with Gasteiger partial charge in [0.25, 0.3) is 0 Å². The van der Waals surface area contributed by atoms with Crippen molar-refractivity contribution in [2.45, 2.75) is 51.0 Å². The second-order valence-electron chi connectivity index (χ2n) is 7.87. The second-order valence-corrected chi connectivity index (χ2v) is 10.1. The molecule has 0 amide bonds. The van der Waals surface area contributed by atoms with E-state index in [1.54, 1.807) is 24.5 Å². The Bertz CT molecular complexity index is 1090. The zero-order valence-corrected chi connectivity index (χ0v) is 18.9. The first-order valence-electron chi connectivity index (χ1n) is 10.7. The molecule has 0 atom stereocenters. The average molecular weight is 463 g/mol. The lowest BCUT2D eigenvalue weighted by molar-refractivity contribution is 0.562. The van der Waals surface area contributed by atoms with Gasteiger partial charge in [0.2, 0.25) is 16.0 Å². The summed E-state index contributed by atoms with van der Waals surface area (Å²) in [6, 6.07) is 7.70. The number of aromatic nitrogens is 4. The number of benzene rings is 1. The maximum Gasteiger partial charge on any atom is 0.232 e. The molecule has 1 saturated carbocycles. The number of hydrogen-bond acceptors (Lipinski definition) is 6. The Labute approximate surface area is 187 Å². The molecule has 31 heavy (non-hydrogen) atoms. The minimum atomic E-state index is -3.41. The van der Waals surface area contributed by atoms with Crippen LogP contribution in [0.15, 0.2) is 36.7 Å². The maximum absolute atomic E-state index is 12.2. The fourth-order valence-corrected chi connectivity index (χ4v) is 5.43. The monoisotopic (exact) mass is 462 g/mol. The highest BCUT2D eigenvalue weighted by atomic mass is 35.5. The molecular weight excluding hydrogens is 436 g/mol. The lowest BCUT2D eigenvalue weighted by Crippen LogP contribution is -2.32. The summed E-state index contributed by atoms with van der Waals surface area (Å²) in [6.45, 7) is 0. The topological polar surface area (TPSA) is 104 Å². The molecule has 4 rings (SSSR count). The predicted octanol–water partition coefficient (Wildman–Crippen LogP) is 4.58. The number of hydrogen-bond donors (Lipinski definition) is 2. The summed E-state index contributed by atoms with van der Waals surface area (Å²) >= 11 is 5.62. The zero-order chi connectivity index (χ0) is 21.7. The van der Waals surface area contributed by atoms with E-state index in [4.69, 9.17) is 16.6 Å². The van der Waals surface area contributed by atoms with E-state index in [0.717, 1.165) is 23.9 Å². The highest BCUT2D eigenvalue weighted by Crippen LogP contribution is 2.33. The number of sulfonamides is 1. The van der Waals surface area contributed by atoms with Gasteiger partial charge in [-0.25, -0.2) is 13.4 Å². The number of H-pyrrole nitrogens is 1. The third-order valence-electron chi connectivity index (χ3n) is 5.55. The van der Waals surface area contributed by atoms with Crippen molar-refractivity contribution >= 4 is 50.0 Å². The van der Waals surface area contributed by atoms with E-state index in [-0.39, 0.29) is 11.8 Å². The van der Waals surface area contributed by atoms with Crippen molar-refractivity contribution in [3.8, 4) is 0 Å². The normalized spacial score (nSPS) is 15.6. The molecule has 2 heterocycles. The van der Waals surface area contributed by atoms with Crippen molar-refractivity contribution in [3.05, 3.63) is 36.7 Å². The maximum atomic E-state index is 12.2. The largest absolute Gasteiger partial charge is 0.307 e. The Balaban J connectivity index is 1.63. The fraction of sp³-hybridized carbons (Fsp3) is 0.476. The number of alkyl halides is 1. The van der Waals surface area contributed by atoms with Gasteiger partial charge in [-0.3, -0.25) is 9.82 Å². The van der Waals surface area contributed by atoms with E-state index in [9.17, 15) is 8.42 Å². The predicted molar refractivity (Wildman–Crippen MR) is 125 cm³/mol. The lowest BCUT2D eigenvalue weighted by Gasteiger charge is -2.31. The van der Waals surface area contributed by atoms with E-state index < -0.39 is 10.0 Å². The first-order valence-corrected chi connectivity index (χ1v) is 12.9. The number of fused-ring (bicyclic) bond motifs is 1. The van der Waals surface area contributed by atoms with Crippen LogP contribution in [0.3, 0.4) is 0 Å². The standard InChI is InChI=1S/C21H27ClN6O2S/c22-12-5-13-31(29,30)27-17-8-10-19(11-9-17)28(18-6-3-1-2-4-7-18)21-23-14-16-15-24-26-20(16)25-21/h8-11,14-15,18,27H,1-7,12-13H2,(H,23,24,25,26). The summed E-state index contributed by atoms with van der Waals surface area (Å²) in [7, 11) is -3.41. The molecule has 0 saturated heterocycles. The summed E-state index contributed by atoms with van der Waals surface area (Å²) in [5.74, 6) is 0.945. The number of anilines is 3. The molecule has 10 heteroatoms. The first-order chi connectivity index (χ1) is 15.1. The molecule has 166 valence electrons. The van der Waals surface area contributed by atoms with E-state index in [2.05, 4.69) is 24.8 Å². The molecule has 0 aliphatic heterocycles. The van der Waals surface area contributed by atoms with Gasteiger partial charge in [0.15, 0.2) is 5.65 Å². The molecule has 1 aliphatic carbocycles. The molecule has 1 aliphatic rings. The van der Waals surface area contributed by atoms with Crippen LogP contribution in [0, 0.1) is 0 Å². The highest BCUT2D eigenvalue weighted by Gasteiger charge is 2.25. The van der Waals surface area contributed by atoms with Crippen molar-refractivity contribution < 1.29 is 8.42 Å². The van der Waals surface area contributed by atoms with Crippen molar-refractivity contribution in [1.82, 2.24) is 20.2 Å². The molecule has 1 aromatic carbocycles. The highest BCUT2D eigenvalue weighted by molar-refractivity contribution is 7.92. The van der Waals surface area contributed by atoms with Crippen molar-refractivity contribution in [1.29, 1.82) is 0 Å². The van der Waals surface area contributed by atoms with Gasteiger partial charge in [-0.1, -0.05) is 25.7 Å². The Morgan fingerprint density at radius 2 is 1.84 bits per heavy atom. The van der Waals surface area contributed by atoms with Crippen LogP contribution < -0.4 is 9.62 Å². The Morgan fingerprint density at radius 3 is 2.55 bits per heavy atom. The molecule has 1 fully saturated rings. The molecule has 0 spiro atoms. The number of rotatable bonds is 8. The molecule has 0 bridgehead atoms. The molecule has 2 aromatic heterocycles. The summed E-state index contributed by atoms with van der Waals surface area (Å²) in [5, 5.41) is 7.84. The van der Waals surface area contributed by atoms with Crippen molar-refractivity contribution in [3.63, 3.8) is 0 Å². The van der Waals surface area contributed by atoms with Gasteiger partial charge in [0, 0.05) is 29.5 Å². The van der Waals surface area contributed by atoms with E-state index in [1.165, 1.54) is 25.7 Å². The van der Waals surface area contributed by atoms with Crippen LogP contribution in [-0.2, 0) is 10.0 Å². The van der Waals surface area contributed by atoms with Gasteiger partial charge in [0.1, 0.15) is 0 Å². The van der Waals surface area contributed by atoms with Crippen LogP contribution >= 0.6 is 11.6 Å². The van der Waals surface area contributed by atoms with Crippen LogP contribution in [0.25, 0.3) is 11.0 Å². The van der Waals surface area contributed by atoms with Crippen molar-refractivity contribution in [2.75, 3.05) is 21.3 Å². The van der Waals surface area contributed by atoms with Crippen LogP contribution in [0.4, 0.5) is 17.3 Å². The molecular formula is C21H27ClN6O2S. The quantitative estimate of drug-likeness (QED) is 0.375. The molecule has 3 aromatic rings. The molecule has 0 radical (unpaired) electrons. The Kier molecular flexibility index (Phi) is 6.92. The number of nitrogens with one attached hydrogen (secondary N) is 2. The zero-order valence-electron chi connectivity index (χ0n) is 17.3. The molecule has 2 N–H and O–H groups in total. The van der Waals surface area contributed by atoms with Crippen molar-refractivity contribution in [2.24, 2.45) is 0 Å². The Hall–Kier alpha value is -2.39. The van der Waals surface area contributed by atoms with E-state index >= 15 is 0 Å². The van der Waals surface area contributed by atoms with Gasteiger partial charge in [-0.05, 0) is 43.5 Å². The number of halogens is 1. The second kappa shape index (κ2) is 9.82. The summed E-state index contributed by atoms with van der Waals surface area (Å²) < 4.78 is 27.0. The summed E-state index contributed by atoms with van der Waals surface area (Å²) in [5.41, 5.74) is 2.17. The SMILES string of the molecule is O=S(=O)(CCCCl)Nc1ccc(N(c2ncc3cn[nH]c3n2)C2CCCCCC2)cc1. The average Bonchev–Trinajstić information content (AvgIpc) is 3.07. The van der Waals surface area contributed by atoms with E-state index in [1.807, 2.05) is 12.1 Å². The van der Waals surface area contributed by atoms with E-state index in [0.29, 0.717) is 29.6 Å². The lowest BCUT2D eigenvalue weighted by atomic mass is 10.1. The van der Waals surface area contributed by atoms with Crippen LogP contribution in [0.2, 0.25) is 0 Å².